The normalized spacial score (nSPS) is 23.5. The minimum absolute atomic E-state index is 0.129. The SMILES string of the molecule is CCCCCCCCC/C=C/[C@@H]1OC[C@H](C)[C@H](OC)[C@H]1OC(=O)CN.O=C(O)C(F)(F)F. The van der Waals surface area contributed by atoms with E-state index in [0.29, 0.717) is 6.61 Å². The van der Waals surface area contributed by atoms with Gasteiger partial charge in [-0.15, -0.1) is 0 Å². The van der Waals surface area contributed by atoms with Crippen molar-refractivity contribution in [1.29, 1.82) is 0 Å². The zero-order valence-electron chi connectivity index (χ0n) is 19.2. The Balaban J connectivity index is 0.00000118. The first kappa shape index (κ1) is 30.4. The van der Waals surface area contributed by atoms with Crippen LogP contribution in [0.15, 0.2) is 12.2 Å². The Morgan fingerprint density at radius 1 is 1.12 bits per heavy atom. The van der Waals surface area contributed by atoms with Gasteiger partial charge in [-0.1, -0.05) is 64.5 Å². The molecular weight excluding hydrogens is 431 g/mol. The van der Waals surface area contributed by atoms with Gasteiger partial charge in [-0.25, -0.2) is 4.79 Å². The Morgan fingerprint density at radius 2 is 1.69 bits per heavy atom. The summed E-state index contributed by atoms with van der Waals surface area (Å²) >= 11 is 0. The van der Waals surface area contributed by atoms with E-state index < -0.39 is 24.2 Å². The monoisotopic (exact) mass is 469 g/mol. The molecule has 0 saturated carbocycles. The Labute approximate surface area is 188 Å². The summed E-state index contributed by atoms with van der Waals surface area (Å²) in [4.78, 5) is 20.5. The molecule has 1 aliphatic heterocycles. The predicted octanol–water partition coefficient (Wildman–Crippen LogP) is 4.24. The number of ether oxygens (including phenoxy) is 3. The summed E-state index contributed by atoms with van der Waals surface area (Å²) in [6, 6.07) is 0. The summed E-state index contributed by atoms with van der Waals surface area (Å²) in [5.74, 6) is -3.00. The zero-order chi connectivity index (χ0) is 24.6. The van der Waals surface area contributed by atoms with Crippen LogP contribution in [-0.4, -0.2) is 61.8 Å². The van der Waals surface area contributed by atoms with Gasteiger partial charge in [0.05, 0.1) is 13.2 Å². The fraction of sp³-hybridized carbons (Fsp3) is 0.818. The number of alkyl halides is 3. The van der Waals surface area contributed by atoms with Gasteiger partial charge in [0.15, 0.2) is 6.10 Å². The van der Waals surface area contributed by atoms with E-state index in [9.17, 15) is 18.0 Å². The van der Waals surface area contributed by atoms with Gasteiger partial charge in [-0.3, -0.25) is 4.79 Å². The Hall–Kier alpha value is -1.65. The number of carboxylic acid groups (broad SMARTS) is 1. The molecule has 0 aromatic rings. The summed E-state index contributed by atoms with van der Waals surface area (Å²) in [5, 5.41) is 7.12. The van der Waals surface area contributed by atoms with Crippen LogP contribution in [0.4, 0.5) is 13.2 Å². The Bertz CT molecular complexity index is 556. The van der Waals surface area contributed by atoms with Gasteiger partial charge in [0, 0.05) is 13.0 Å². The van der Waals surface area contributed by atoms with Crippen molar-refractivity contribution in [3.8, 4) is 0 Å². The van der Waals surface area contributed by atoms with Crippen LogP contribution in [0.1, 0.15) is 65.2 Å². The molecule has 0 amide bonds. The highest BCUT2D eigenvalue weighted by molar-refractivity contribution is 5.73. The number of esters is 1. The first-order valence-electron chi connectivity index (χ1n) is 11.1. The first-order chi connectivity index (χ1) is 15.1. The van der Waals surface area contributed by atoms with Crippen LogP contribution in [0.25, 0.3) is 0 Å². The number of carbonyl (C=O) groups is 2. The summed E-state index contributed by atoms with van der Waals surface area (Å²) < 4.78 is 48.6. The van der Waals surface area contributed by atoms with Crippen LogP contribution in [0.3, 0.4) is 0 Å². The number of halogens is 3. The Morgan fingerprint density at radius 3 is 2.19 bits per heavy atom. The second kappa shape index (κ2) is 16.9. The highest BCUT2D eigenvalue weighted by Crippen LogP contribution is 2.26. The fourth-order valence-electron chi connectivity index (χ4n) is 3.28. The van der Waals surface area contributed by atoms with Crippen molar-refractivity contribution < 1.29 is 42.1 Å². The molecule has 0 bridgehead atoms. The molecule has 1 aliphatic rings. The third-order valence-electron chi connectivity index (χ3n) is 5.01. The number of rotatable bonds is 12. The van der Waals surface area contributed by atoms with Crippen LogP contribution in [0, 0.1) is 5.92 Å². The highest BCUT2D eigenvalue weighted by atomic mass is 19.4. The number of unbranched alkanes of at least 4 members (excludes halogenated alkanes) is 7. The second-order valence-electron chi connectivity index (χ2n) is 7.78. The maximum Gasteiger partial charge on any atom is 0.490 e. The topological polar surface area (TPSA) is 108 Å². The number of hydrogen-bond donors (Lipinski definition) is 2. The number of aliphatic carboxylic acids is 1. The van der Waals surface area contributed by atoms with Gasteiger partial charge >= 0.3 is 18.1 Å². The fourth-order valence-corrected chi connectivity index (χ4v) is 3.28. The summed E-state index contributed by atoms with van der Waals surface area (Å²) in [7, 11) is 1.65. The van der Waals surface area contributed by atoms with Gasteiger partial charge in [-0.05, 0) is 12.8 Å². The highest BCUT2D eigenvalue weighted by Gasteiger charge is 2.40. The lowest BCUT2D eigenvalue weighted by Crippen LogP contribution is -2.52. The van der Waals surface area contributed by atoms with E-state index in [4.69, 9.17) is 29.8 Å². The number of nitrogens with two attached hydrogens (primary N) is 1. The van der Waals surface area contributed by atoms with Crippen LogP contribution in [0.2, 0.25) is 0 Å². The van der Waals surface area contributed by atoms with Crippen LogP contribution in [0.5, 0.6) is 0 Å². The smallest absolute Gasteiger partial charge is 0.475 e. The Kier molecular flexibility index (Phi) is 16.0. The molecule has 10 heteroatoms. The number of carboxylic acids is 1. The minimum atomic E-state index is -5.08. The molecule has 32 heavy (non-hydrogen) atoms. The van der Waals surface area contributed by atoms with Crippen LogP contribution in [-0.2, 0) is 23.8 Å². The molecular formula is C22H38F3NO6. The van der Waals surface area contributed by atoms with Gasteiger partial charge in [0.25, 0.3) is 0 Å². The molecule has 0 aromatic carbocycles. The third-order valence-corrected chi connectivity index (χ3v) is 5.01. The average Bonchev–Trinajstić information content (AvgIpc) is 2.73. The molecule has 0 aliphatic carbocycles. The standard InChI is InChI=1S/C20H37NO4.C2HF3O2/c1-4-5-6-7-8-9-10-11-12-13-17-20(25-18(22)14-21)19(23-3)16(2)15-24-17;3-2(4,5)1(6)7/h12-13,16-17,19-20H,4-11,14-15,21H2,1-3H3;(H,6,7)/b13-12+;/t16-,17-,19-,20-;/m0./s1. The van der Waals surface area contributed by atoms with Crippen molar-refractivity contribution in [1.82, 2.24) is 0 Å². The van der Waals surface area contributed by atoms with Crippen molar-refractivity contribution in [2.24, 2.45) is 11.7 Å². The van der Waals surface area contributed by atoms with Crippen molar-refractivity contribution in [2.75, 3.05) is 20.3 Å². The molecule has 1 heterocycles. The maximum atomic E-state index is 11.6. The van der Waals surface area contributed by atoms with Crippen molar-refractivity contribution in [3.05, 3.63) is 12.2 Å². The molecule has 4 atom stereocenters. The zero-order valence-corrected chi connectivity index (χ0v) is 19.2. The number of hydrogen-bond acceptors (Lipinski definition) is 6. The summed E-state index contributed by atoms with van der Waals surface area (Å²) in [6.45, 7) is 4.75. The van der Waals surface area contributed by atoms with Crippen molar-refractivity contribution in [3.63, 3.8) is 0 Å². The van der Waals surface area contributed by atoms with Crippen molar-refractivity contribution >= 4 is 11.9 Å². The largest absolute Gasteiger partial charge is 0.490 e. The summed E-state index contributed by atoms with van der Waals surface area (Å²) in [6.07, 6.45) is 8.34. The van der Waals surface area contributed by atoms with Gasteiger partial charge in [0.1, 0.15) is 12.2 Å². The van der Waals surface area contributed by atoms with Gasteiger partial charge in [0.2, 0.25) is 0 Å². The second-order valence-corrected chi connectivity index (χ2v) is 7.78. The quantitative estimate of drug-likeness (QED) is 0.250. The van der Waals surface area contributed by atoms with Crippen LogP contribution < -0.4 is 5.73 Å². The van der Waals surface area contributed by atoms with E-state index in [1.165, 1.54) is 44.9 Å². The lowest BCUT2D eigenvalue weighted by Gasteiger charge is -2.39. The van der Waals surface area contributed by atoms with E-state index in [0.717, 1.165) is 6.42 Å². The lowest BCUT2D eigenvalue weighted by atomic mass is 9.93. The van der Waals surface area contributed by atoms with Gasteiger partial charge in [-0.2, -0.15) is 13.2 Å². The predicted molar refractivity (Wildman–Crippen MR) is 114 cm³/mol. The molecule has 3 N–H and O–H groups in total. The lowest BCUT2D eigenvalue weighted by molar-refractivity contribution is -0.192. The van der Waals surface area contributed by atoms with Crippen LogP contribution >= 0.6 is 0 Å². The van der Waals surface area contributed by atoms with E-state index in [1.807, 2.05) is 13.0 Å². The summed E-state index contributed by atoms with van der Waals surface area (Å²) in [5.41, 5.74) is 5.38. The van der Waals surface area contributed by atoms with E-state index in [-0.39, 0.29) is 24.7 Å². The molecule has 1 fully saturated rings. The maximum absolute atomic E-state index is 11.6. The van der Waals surface area contributed by atoms with Crippen molar-refractivity contribution in [2.45, 2.75) is 89.7 Å². The van der Waals surface area contributed by atoms with E-state index >= 15 is 0 Å². The molecule has 1 saturated heterocycles. The molecule has 0 aromatic heterocycles. The number of allylic oxidation sites excluding steroid dienone is 1. The molecule has 1 rings (SSSR count). The first-order valence-corrected chi connectivity index (χ1v) is 11.1. The van der Waals surface area contributed by atoms with E-state index in [1.54, 1.807) is 7.11 Å². The number of carbonyl (C=O) groups excluding carboxylic acids is 1. The average molecular weight is 470 g/mol. The molecule has 0 unspecified atom stereocenters. The molecule has 188 valence electrons. The molecule has 0 radical (unpaired) electrons. The third kappa shape index (κ3) is 13.0. The molecule has 0 spiro atoms. The minimum Gasteiger partial charge on any atom is -0.475 e. The van der Waals surface area contributed by atoms with E-state index in [2.05, 4.69) is 13.0 Å². The number of methoxy groups -OCH3 is 1. The van der Waals surface area contributed by atoms with Gasteiger partial charge < -0.3 is 25.1 Å². The molecule has 7 nitrogen and oxygen atoms in total.